The highest BCUT2D eigenvalue weighted by molar-refractivity contribution is 4.55. The molecule has 3 N–H and O–H groups in total. The summed E-state index contributed by atoms with van der Waals surface area (Å²) >= 11 is 0. The summed E-state index contributed by atoms with van der Waals surface area (Å²) in [7, 11) is 0. The monoisotopic (exact) mass is 387 g/mol. The van der Waals surface area contributed by atoms with Crippen molar-refractivity contribution in [2.45, 2.75) is 116 Å². The number of aliphatic hydroxyl groups is 2. The molecular formula is C23H49NO3. The van der Waals surface area contributed by atoms with Crippen molar-refractivity contribution in [1.29, 1.82) is 0 Å². The van der Waals surface area contributed by atoms with Crippen LogP contribution in [0.3, 0.4) is 0 Å². The first-order valence-corrected chi connectivity index (χ1v) is 11.8. The fourth-order valence-electron chi connectivity index (χ4n) is 3.40. The van der Waals surface area contributed by atoms with Gasteiger partial charge in [0.2, 0.25) is 0 Å². The first-order chi connectivity index (χ1) is 13.2. The Morgan fingerprint density at radius 1 is 0.667 bits per heavy atom. The summed E-state index contributed by atoms with van der Waals surface area (Å²) in [5.41, 5.74) is 0. The minimum absolute atomic E-state index is 0.0567. The van der Waals surface area contributed by atoms with Gasteiger partial charge in [0.05, 0.1) is 19.8 Å². The molecular weight excluding hydrogens is 338 g/mol. The van der Waals surface area contributed by atoms with E-state index in [0.29, 0.717) is 19.8 Å². The number of hydrogen-bond acceptors (Lipinski definition) is 4. The lowest BCUT2D eigenvalue weighted by Crippen LogP contribution is -2.31. The predicted octanol–water partition coefficient (Wildman–Crippen LogP) is 5.41. The molecule has 0 rings (SSSR count). The molecule has 0 aromatic carbocycles. The zero-order chi connectivity index (χ0) is 20.0. The van der Waals surface area contributed by atoms with Crippen LogP contribution >= 0.6 is 0 Å². The molecule has 0 saturated carbocycles. The van der Waals surface area contributed by atoms with Gasteiger partial charge in [-0.05, 0) is 18.8 Å². The van der Waals surface area contributed by atoms with Gasteiger partial charge in [-0.3, -0.25) is 5.32 Å². The lowest BCUT2D eigenvalue weighted by atomic mass is 10.0. The van der Waals surface area contributed by atoms with Crippen LogP contribution in [0.25, 0.3) is 0 Å². The molecule has 1 atom stereocenters. The summed E-state index contributed by atoms with van der Waals surface area (Å²) in [6, 6.07) is 0. The van der Waals surface area contributed by atoms with Gasteiger partial charge in [-0.15, -0.1) is 0 Å². The van der Waals surface area contributed by atoms with Gasteiger partial charge in [0.1, 0.15) is 6.23 Å². The summed E-state index contributed by atoms with van der Waals surface area (Å²) in [6.45, 7) is 6.24. The maximum Gasteiger partial charge on any atom is 0.104 e. The van der Waals surface area contributed by atoms with Gasteiger partial charge in [-0.25, -0.2) is 0 Å². The van der Waals surface area contributed by atoms with Crippen LogP contribution in [0.4, 0.5) is 0 Å². The summed E-state index contributed by atoms with van der Waals surface area (Å²) in [4.78, 5) is 0. The molecule has 0 heterocycles. The Labute approximate surface area is 169 Å². The van der Waals surface area contributed by atoms with E-state index >= 15 is 0 Å². The van der Waals surface area contributed by atoms with Gasteiger partial charge in [-0.1, -0.05) is 97.3 Å². The highest BCUT2D eigenvalue weighted by Gasteiger charge is 2.02. The van der Waals surface area contributed by atoms with Crippen LogP contribution in [-0.2, 0) is 4.74 Å². The van der Waals surface area contributed by atoms with Crippen LogP contribution in [0.1, 0.15) is 110 Å². The van der Waals surface area contributed by atoms with Crippen LogP contribution in [0.15, 0.2) is 0 Å². The molecule has 0 aliphatic rings. The van der Waals surface area contributed by atoms with Crippen molar-refractivity contribution in [2.75, 3.05) is 26.4 Å². The Morgan fingerprint density at radius 3 is 1.56 bits per heavy atom. The van der Waals surface area contributed by atoms with E-state index in [1.165, 1.54) is 83.5 Å². The SMILES string of the molecule is CC(C)CCCCCCCCCCCCCCCC(O)NCCOCCO. The fraction of sp³-hybridized carbons (Fsp3) is 1.00. The molecule has 0 spiro atoms. The van der Waals surface area contributed by atoms with Crippen molar-refractivity contribution in [1.82, 2.24) is 5.32 Å². The number of aliphatic hydroxyl groups excluding tert-OH is 2. The molecule has 0 aromatic rings. The maximum absolute atomic E-state index is 9.81. The van der Waals surface area contributed by atoms with Gasteiger partial charge in [-0.2, -0.15) is 0 Å². The van der Waals surface area contributed by atoms with Gasteiger partial charge in [0.15, 0.2) is 0 Å². The Hall–Kier alpha value is -0.160. The second kappa shape index (κ2) is 22.1. The highest BCUT2D eigenvalue weighted by Crippen LogP contribution is 2.14. The zero-order valence-electron chi connectivity index (χ0n) is 18.4. The summed E-state index contributed by atoms with van der Waals surface area (Å²) in [6.07, 6.45) is 19.5. The van der Waals surface area contributed by atoms with Crippen molar-refractivity contribution in [3.8, 4) is 0 Å². The summed E-state index contributed by atoms with van der Waals surface area (Å²) in [5, 5.41) is 21.4. The van der Waals surface area contributed by atoms with E-state index in [0.717, 1.165) is 18.8 Å². The maximum atomic E-state index is 9.81. The largest absolute Gasteiger partial charge is 0.394 e. The van der Waals surface area contributed by atoms with Crippen molar-refractivity contribution in [3.05, 3.63) is 0 Å². The summed E-state index contributed by atoms with van der Waals surface area (Å²) < 4.78 is 5.14. The smallest absolute Gasteiger partial charge is 0.104 e. The molecule has 0 fully saturated rings. The second-order valence-corrected chi connectivity index (χ2v) is 8.37. The molecule has 0 radical (unpaired) electrons. The van der Waals surface area contributed by atoms with E-state index in [1.807, 2.05) is 0 Å². The molecule has 0 aliphatic carbocycles. The number of ether oxygens (including phenoxy) is 1. The molecule has 0 bridgehead atoms. The van der Waals surface area contributed by atoms with Crippen LogP contribution in [0.2, 0.25) is 0 Å². The molecule has 27 heavy (non-hydrogen) atoms. The molecule has 4 nitrogen and oxygen atoms in total. The third kappa shape index (κ3) is 23.8. The van der Waals surface area contributed by atoms with Crippen molar-refractivity contribution >= 4 is 0 Å². The van der Waals surface area contributed by atoms with Crippen LogP contribution in [0, 0.1) is 5.92 Å². The Morgan fingerprint density at radius 2 is 1.11 bits per heavy atom. The lowest BCUT2D eigenvalue weighted by Gasteiger charge is -2.12. The number of unbranched alkanes of at least 4 members (excludes halogenated alkanes) is 12. The van der Waals surface area contributed by atoms with Crippen LogP contribution in [-0.4, -0.2) is 42.8 Å². The van der Waals surface area contributed by atoms with E-state index in [2.05, 4.69) is 19.2 Å². The Balaban J connectivity index is 3.10. The van der Waals surface area contributed by atoms with Crippen molar-refractivity contribution in [3.63, 3.8) is 0 Å². The third-order valence-electron chi connectivity index (χ3n) is 5.12. The van der Waals surface area contributed by atoms with E-state index in [4.69, 9.17) is 9.84 Å². The number of nitrogens with one attached hydrogen (secondary N) is 1. The minimum atomic E-state index is -0.423. The molecule has 0 amide bonds. The van der Waals surface area contributed by atoms with Crippen LogP contribution < -0.4 is 5.32 Å². The molecule has 0 aliphatic heterocycles. The van der Waals surface area contributed by atoms with E-state index in [-0.39, 0.29) is 6.61 Å². The van der Waals surface area contributed by atoms with Crippen molar-refractivity contribution < 1.29 is 14.9 Å². The van der Waals surface area contributed by atoms with E-state index in [1.54, 1.807) is 0 Å². The molecule has 0 saturated heterocycles. The second-order valence-electron chi connectivity index (χ2n) is 8.37. The normalized spacial score (nSPS) is 12.8. The molecule has 1 unspecified atom stereocenters. The number of hydrogen-bond donors (Lipinski definition) is 3. The lowest BCUT2D eigenvalue weighted by molar-refractivity contribution is 0.0737. The highest BCUT2D eigenvalue weighted by atomic mass is 16.5. The summed E-state index contributed by atoms with van der Waals surface area (Å²) in [5.74, 6) is 0.870. The van der Waals surface area contributed by atoms with Crippen LogP contribution in [0.5, 0.6) is 0 Å². The topological polar surface area (TPSA) is 61.7 Å². The van der Waals surface area contributed by atoms with E-state index < -0.39 is 6.23 Å². The quantitative estimate of drug-likeness (QED) is 0.172. The van der Waals surface area contributed by atoms with E-state index in [9.17, 15) is 5.11 Å². The first-order valence-electron chi connectivity index (χ1n) is 11.8. The molecule has 164 valence electrons. The average Bonchev–Trinajstić information content (AvgIpc) is 2.64. The van der Waals surface area contributed by atoms with Gasteiger partial charge in [0.25, 0.3) is 0 Å². The standard InChI is InChI=1S/C23H49NO3/c1-22(2)16-14-12-10-8-6-4-3-5-7-9-11-13-15-17-23(26)24-18-20-27-21-19-25/h22-26H,3-21H2,1-2H3. The minimum Gasteiger partial charge on any atom is -0.394 e. The average molecular weight is 388 g/mol. The van der Waals surface area contributed by atoms with Crippen molar-refractivity contribution in [2.24, 2.45) is 5.92 Å². The Kier molecular flexibility index (Phi) is 22.0. The zero-order valence-corrected chi connectivity index (χ0v) is 18.4. The molecule has 4 heteroatoms. The third-order valence-corrected chi connectivity index (χ3v) is 5.12. The Bertz CT molecular complexity index is 274. The molecule has 0 aromatic heterocycles. The number of rotatable bonds is 22. The fourth-order valence-corrected chi connectivity index (χ4v) is 3.40. The van der Waals surface area contributed by atoms with Gasteiger partial charge in [0, 0.05) is 6.54 Å². The predicted molar refractivity (Wildman–Crippen MR) is 116 cm³/mol. The van der Waals surface area contributed by atoms with Gasteiger partial charge >= 0.3 is 0 Å². The van der Waals surface area contributed by atoms with Gasteiger partial charge < -0.3 is 14.9 Å². The first kappa shape index (κ1) is 26.8.